The van der Waals surface area contributed by atoms with Gasteiger partial charge in [0, 0.05) is 9.14 Å². The highest BCUT2D eigenvalue weighted by molar-refractivity contribution is 14.1. The molecule has 5 nitrogen and oxygen atoms in total. The summed E-state index contributed by atoms with van der Waals surface area (Å²) in [5.41, 5.74) is 1.86. The minimum absolute atomic E-state index is 0.177. The van der Waals surface area contributed by atoms with Crippen LogP contribution in [0.2, 0.25) is 0 Å². The molecule has 0 spiro atoms. The zero-order chi connectivity index (χ0) is 15.9. The minimum atomic E-state index is -0.616. The predicted molar refractivity (Wildman–Crippen MR) is 94.0 cm³/mol. The molecule has 1 aromatic carbocycles. The summed E-state index contributed by atoms with van der Waals surface area (Å²) in [5.74, 6) is -0.439. The first-order chi connectivity index (χ1) is 10.4. The molecule has 0 bridgehead atoms. The number of hydrazone groups is 1. The van der Waals surface area contributed by atoms with Crippen LogP contribution >= 0.6 is 22.6 Å². The Morgan fingerprint density at radius 2 is 2.09 bits per heavy atom. The molecule has 1 aromatic rings. The number of benzene rings is 1. The lowest BCUT2D eigenvalue weighted by Gasteiger charge is -2.36. The molecule has 0 aliphatic carbocycles. The topological polar surface area (TPSA) is 72.5 Å². The van der Waals surface area contributed by atoms with Crippen LogP contribution in [-0.2, 0) is 4.74 Å². The summed E-state index contributed by atoms with van der Waals surface area (Å²) in [5, 5.41) is 23.9. The lowest BCUT2D eigenvalue weighted by Crippen LogP contribution is -2.44. The van der Waals surface area contributed by atoms with Crippen molar-refractivity contribution in [3.05, 3.63) is 39.5 Å². The van der Waals surface area contributed by atoms with E-state index in [0.717, 1.165) is 20.5 Å². The molecule has 0 amide bonds. The van der Waals surface area contributed by atoms with Crippen molar-refractivity contribution in [2.75, 3.05) is 11.6 Å². The van der Waals surface area contributed by atoms with E-state index in [1.54, 1.807) is 0 Å². The quantitative estimate of drug-likeness (QED) is 0.728. The third-order valence-electron chi connectivity index (χ3n) is 3.65. The van der Waals surface area contributed by atoms with Gasteiger partial charge in [-0.15, -0.1) is 0 Å². The SMILES string of the molecule is CC1(C)C=C2C(=NN(c3ccc(I)cc3)C(=N)C2C#N)CO1. The summed E-state index contributed by atoms with van der Waals surface area (Å²) in [6.07, 6.45) is 1.91. The maximum Gasteiger partial charge on any atom is 0.144 e. The number of rotatable bonds is 1. The van der Waals surface area contributed by atoms with Crippen molar-refractivity contribution >= 4 is 39.8 Å². The monoisotopic (exact) mass is 406 g/mol. The van der Waals surface area contributed by atoms with Gasteiger partial charge in [-0.25, -0.2) is 5.01 Å². The smallest absolute Gasteiger partial charge is 0.144 e. The Morgan fingerprint density at radius 3 is 2.73 bits per heavy atom. The van der Waals surface area contributed by atoms with E-state index in [2.05, 4.69) is 33.8 Å². The Bertz CT molecular complexity index is 728. The first kappa shape index (κ1) is 15.2. The Hall–Kier alpha value is -1.72. The van der Waals surface area contributed by atoms with Crippen LogP contribution in [0.4, 0.5) is 5.69 Å². The summed E-state index contributed by atoms with van der Waals surface area (Å²) in [6, 6.07) is 9.94. The van der Waals surface area contributed by atoms with Crippen LogP contribution in [-0.4, -0.2) is 23.8 Å². The number of nitrogens with one attached hydrogen (secondary N) is 1. The van der Waals surface area contributed by atoms with Crippen LogP contribution in [0.5, 0.6) is 0 Å². The number of hydrogen-bond donors (Lipinski definition) is 1. The maximum atomic E-state index is 9.52. The summed E-state index contributed by atoms with van der Waals surface area (Å²) in [6.45, 7) is 4.24. The van der Waals surface area contributed by atoms with Gasteiger partial charge >= 0.3 is 0 Å². The normalized spacial score (nSPS) is 23.3. The van der Waals surface area contributed by atoms with Crippen LogP contribution in [0, 0.1) is 26.2 Å². The van der Waals surface area contributed by atoms with Crippen LogP contribution in [0.15, 0.2) is 41.0 Å². The Morgan fingerprint density at radius 1 is 1.41 bits per heavy atom. The van der Waals surface area contributed by atoms with Crippen molar-refractivity contribution in [3.63, 3.8) is 0 Å². The molecule has 0 fully saturated rings. The fraction of sp³-hybridized carbons (Fsp3) is 0.312. The number of anilines is 1. The molecule has 22 heavy (non-hydrogen) atoms. The number of amidine groups is 1. The zero-order valence-corrected chi connectivity index (χ0v) is 14.5. The number of nitrogens with zero attached hydrogens (tertiary/aromatic N) is 3. The Kier molecular flexibility index (Phi) is 3.78. The molecule has 112 valence electrons. The Labute approximate surface area is 142 Å². The molecule has 2 heterocycles. The second kappa shape index (κ2) is 5.48. The van der Waals surface area contributed by atoms with Gasteiger partial charge in [-0.3, -0.25) is 5.41 Å². The lowest BCUT2D eigenvalue weighted by atomic mass is 9.87. The molecular formula is C16H15IN4O. The van der Waals surface area contributed by atoms with Crippen LogP contribution in [0.25, 0.3) is 0 Å². The van der Waals surface area contributed by atoms with E-state index in [9.17, 15) is 5.26 Å². The van der Waals surface area contributed by atoms with E-state index in [0.29, 0.717) is 6.61 Å². The van der Waals surface area contributed by atoms with Crippen molar-refractivity contribution in [1.29, 1.82) is 10.7 Å². The molecule has 1 atom stereocenters. The molecule has 2 aliphatic rings. The van der Waals surface area contributed by atoms with Gasteiger partial charge in [0.25, 0.3) is 0 Å². The van der Waals surface area contributed by atoms with E-state index in [4.69, 9.17) is 10.1 Å². The largest absolute Gasteiger partial charge is 0.365 e. The number of nitriles is 1. The number of ether oxygens (including phenoxy) is 1. The maximum absolute atomic E-state index is 9.52. The van der Waals surface area contributed by atoms with Crippen molar-refractivity contribution in [2.45, 2.75) is 19.4 Å². The van der Waals surface area contributed by atoms with Gasteiger partial charge in [-0.05, 0) is 66.8 Å². The van der Waals surface area contributed by atoms with E-state index in [1.807, 2.05) is 44.2 Å². The van der Waals surface area contributed by atoms with Crippen molar-refractivity contribution in [1.82, 2.24) is 0 Å². The van der Waals surface area contributed by atoms with Crippen molar-refractivity contribution in [3.8, 4) is 6.07 Å². The summed E-state index contributed by atoms with van der Waals surface area (Å²) in [4.78, 5) is 0. The van der Waals surface area contributed by atoms with Gasteiger partial charge in [-0.1, -0.05) is 0 Å². The van der Waals surface area contributed by atoms with E-state index in [1.165, 1.54) is 5.01 Å². The average molecular weight is 406 g/mol. The second-order valence-corrected chi connectivity index (χ2v) is 7.02. The average Bonchev–Trinajstić information content (AvgIpc) is 2.47. The molecule has 0 radical (unpaired) electrons. The molecule has 6 heteroatoms. The van der Waals surface area contributed by atoms with Gasteiger partial charge in [0.15, 0.2) is 0 Å². The second-order valence-electron chi connectivity index (χ2n) is 5.77. The van der Waals surface area contributed by atoms with Crippen LogP contribution in [0.3, 0.4) is 0 Å². The predicted octanol–water partition coefficient (Wildman–Crippen LogP) is 3.32. The fourth-order valence-corrected chi connectivity index (χ4v) is 2.89. The third-order valence-corrected chi connectivity index (χ3v) is 4.37. The molecule has 0 aromatic heterocycles. The van der Waals surface area contributed by atoms with E-state index < -0.39 is 11.5 Å². The molecule has 0 saturated carbocycles. The highest BCUT2D eigenvalue weighted by Crippen LogP contribution is 2.32. The van der Waals surface area contributed by atoms with Crippen molar-refractivity contribution < 1.29 is 4.74 Å². The van der Waals surface area contributed by atoms with Crippen LogP contribution < -0.4 is 5.01 Å². The fourth-order valence-electron chi connectivity index (χ4n) is 2.53. The molecule has 1 unspecified atom stereocenters. The first-order valence-electron chi connectivity index (χ1n) is 6.89. The number of hydrogen-bond acceptors (Lipinski definition) is 4. The lowest BCUT2D eigenvalue weighted by molar-refractivity contribution is 0.0402. The summed E-state index contributed by atoms with van der Waals surface area (Å²) >= 11 is 2.23. The molecular weight excluding hydrogens is 391 g/mol. The van der Waals surface area contributed by atoms with E-state index >= 15 is 0 Å². The van der Waals surface area contributed by atoms with Gasteiger partial charge in [0.1, 0.15) is 11.8 Å². The van der Waals surface area contributed by atoms with Crippen molar-refractivity contribution in [2.24, 2.45) is 11.0 Å². The molecule has 1 N–H and O–H groups in total. The van der Waals surface area contributed by atoms with Crippen LogP contribution in [0.1, 0.15) is 13.8 Å². The van der Waals surface area contributed by atoms with Gasteiger partial charge < -0.3 is 4.74 Å². The summed E-state index contributed by atoms with van der Waals surface area (Å²) < 4.78 is 6.86. The zero-order valence-electron chi connectivity index (χ0n) is 12.3. The van der Waals surface area contributed by atoms with E-state index in [-0.39, 0.29) is 5.84 Å². The molecule has 2 aliphatic heterocycles. The van der Waals surface area contributed by atoms with Gasteiger partial charge in [0.05, 0.1) is 29.7 Å². The third kappa shape index (κ3) is 2.66. The van der Waals surface area contributed by atoms with Gasteiger partial charge in [-0.2, -0.15) is 10.4 Å². The van der Waals surface area contributed by atoms with Gasteiger partial charge in [0.2, 0.25) is 0 Å². The molecule has 0 saturated heterocycles. The highest BCUT2D eigenvalue weighted by Gasteiger charge is 2.37. The number of halogens is 1. The summed E-state index contributed by atoms with van der Waals surface area (Å²) in [7, 11) is 0. The highest BCUT2D eigenvalue weighted by atomic mass is 127. The molecule has 3 rings (SSSR count). The first-order valence-corrected chi connectivity index (χ1v) is 7.97. The minimum Gasteiger partial charge on any atom is -0.365 e. The number of fused-ring (bicyclic) bond motifs is 1. The standard InChI is InChI=1S/C16H15IN4O/c1-16(2)7-12-13(8-18)15(19)21(20-14(12)9-22-16)11-5-3-10(17)4-6-11/h3-7,13,19H,9H2,1-2H3. The Balaban J connectivity index is 2.08.